The van der Waals surface area contributed by atoms with Crippen LogP contribution in [0, 0.1) is 5.82 Å². The molecule has 1 rings (SSSR count). The summed E-state index contributed by atoms with van der Waals surface area (Å²) in [5.41, 5.74) is 0.252. The number of ether oxygens (including phenoxy) is 1. The maximum Gasteiger partial charge on any atom is 0.407 e. The topological polar surface area (TPSA) is 63.2 Å². The van der Waals surface area contributed by atoms with E-state index in [1.54, 1.807) is 6.07 Å². The fourth-order valence-electron chi connectivity index (χ4n) is 1.92. The fraction of sp³-hybridized carbons (Fsp3) is 0.625. The summed E-state index contributed by atoms with van der Waals surface area (Å²) < 4.78 is 18.1. The third-order valence-corrected chi connectivity index (χ3v) is 3.06. The molecule has 6 heteroatoms. The third-order valence-electron chi connectivity index (χ3n) is 3.06. The van der Waals surface area contributed by atoms with E-state index < -0.39 is 11.7 Å². The number of hydrogen-bond acceptors (Lipinski definition) is 4. The molecule has 0 spiro atoms. The normalized spacial score (nSPS) is 14.3. The van der Waals surface area contributed by atoms with Gasteiger partial charge in [0.05, 0.1) is 11.9 Å². The van der Waals surface area contributed by atoms with Crippen LogP contribution in [-0.2, 0) is 4.74 Å². The van der Waals surface area contributed by atoms with Crippen molar-refractivity contribution in [2.24, 2.45) is 0 Å². The van der Waals surface area contributed by atoms with E-state index in [4.69, 9.17) is 4.74 Å². The molecule has 5 nitrogen and oxygen atoms in total. The summed E-state index contributed by atoms with van der Waals surface area (Å²) in [6.45, 7) is 9.91. The van der Waals surface area contributed by atoms with E-state index in [1.807, 2.05) is 34.6 Å². The second kappa shape index (κ2) is 8.08. The van der Waals surface area contributed by atoms with Crippen molar-refractivity contribution in [3.8, 4) is 0 Å². The van der Waals surface area contributed by atoms with Crippen LogP contribution in [0.3, 0.4) is 0 Å². The molecule has 0 saturated heterocycles. The Labute approximate surface area is 131 Å². The van der Waals surface area contributed by atoms with Crippen LogP contribution in [0.2, 0.25) is 0 Å². The molecule has 0 aromatic carbocycles. The first-order valence-corrected chi connectivity index (χ1v) is 7.55. The van der Waals surface area contributed by atoms with E-state index in [1.165, 1.54) is 12.3 Å². The number of nitrogens with zero attached hydrogens (tertiary/aromatic N) is 1. The second-order valence-electron chi connectivity index (χ2n) is 6.28. The largest absolute Gasteiger partial charge is 0.444 e. The molecule has 0 aliphatic heterocycles. The van der Waals surface area contributed by atoms with Gasteiger partial charge in [0.2, 0.25) is 0 Å². The molecule has 1 heterocycles. The minimum atomic E-state index is -0.509. The summed E-state index contributed by atoms with van der Waals surface area (Å²) in [7, 11) is 0. The molecule has 1 amide bonds. The molecular formula is C16H26FN3O2. The van der Waals surface area contributed by atoms with Crippen molar-refractivity contribution in [2.45, 2.75) is 58.7 Å². The molecule has 1 aromatic heterocycles. The van der Waals surface area contributed by atoms with Gasteiger partial charge in [0.15, 0.2) is 0 Å². The SMILES string of the molecule is CCC(CNC(=O)OC(C)(C)C)NC(C)c1ccc(F)cn1. The fourth-order valence-corrected chi connectivity index (χ4v) is 1.92. The Hall–Kier alpha value is -1.69. The molecular weight excluding hydrogens is 285 g/mol. The predicted molar refractivity (Wildman–Crippen MR) is 84.1 cm³/mol. The average Bonchev–Trinajstić information content (AvgIpc) is 2.42. The van der Waals surface area contributed by atoms with Crippen molar-refractivity contribution in [2.75, 3.05) is 6.54 Å². The van der Waals surface area contributed by atoms with Gasteiger partial charge in [0, 0.05) is 18.6 Å². The van der Waals surface area contributed by atoms with Gasteiger partial charge < -0.3 is 15.4 Å². The molecule has 22 heavy (non-hydrogen) atoms. The lowest BCUT2D eigenvalue weighted by Gasteiger charge is -2.24. The zero-order chi connectivity index (χ0) is 16.8. The number of amides is 1. The summed E-state index contributed by atoms with van der Waals surface area (Å²) in [6.07, 6.45) is 1.61. The smallest absolute Gasteiger partial charge is 0.407 e. The first-order chi connectivity index (χ1) is 10.2. The molecule has 0 aliphatic carbocycles. The molecule has 0 aliphatic rings. The van der Waals surface area contributed by atoms with Gasteiger partial charge in [0.25, 0.3) is 0 Å². The number of aromatic nitrogens is 1. The van der Waals surface area contributed by atoms with Gasteiger partial charge in [-0.05, 0) is 46.2 Å². The van der Waals surface area contributed by atoms with Crippen LogP contribution < -0.4 is 10.6 Å². The van der Waals surface area contributed by atoms with Crippen molar-refractivity contribution >= 4 is 6.09 Å². The minimum Gasteiger partial charge on any atom is -0.444 e. The number of pyridine rings is 1. The summed E-state index contributed by atoms with van der Waals surface area (Å²) in [4.78, 5) is 15.7. The van der Waals surface area contributed by atoms with E-state index in [0.29, 0.717) is 6.54 Å². The van der Waals surface area contributed by atoms with E-state index in [0.717, 1.165) is 12.1 Å². The van der Waals surface area contributed by atoms with Crippen LogP contribution in [0.25, 0.3) is 0 Å². The number of alkyl carbamates (subject to hydrolysis) is 1. The Morgan fingerprint density at radius 3 is 2.59 bits per heavy atom. The van der Waals surface area contributed by atoms with Crippen molar-refractivity contribution < 1.29 is 13.9 Å². The Morgan fingerprint density at radius 2 is 2.09 bits per heavy atom. The van der Waals surface area contributed by atoms with Gasteiger partial charge in [-0.2, -0.15) is 0 Å². The Bertz CT molecular complexity index is 471. The monoisotopic (exact) mass is 311 g/mol. The van der Waals surface area contributed by atoms with E-state index in [-0.39, 0.29) is 17.9 Å². The number of rotatable bonds is 6. The highest BCUT2D eigenvalue weighted by Crippen LogP contribution is 2.11. The summed E-state index contributed by atoms with van der Waals surface area (Å²) in [6, 6.07) is 3.09. The predicted octanol–water partition coefficient (Wildman–Crippen LogP) is 3.17. The molecule has 0 radical (unpaired) electrons. The van der Waals surface area contributed by atoms with Gasteiger partial charge in [-0.1, -0.05) is 6.92 Å². The number of carbonyl (C=O) groups is 1. The van der Waals surface area contributed by atoms with Crippen molar-refractivity contribution in [1.29, 1.82) is 0 Å². The highest BCUT2D eigenvalue weighted by Gasteiger charge is 2.18. The second-order valence-corrected chi connectivity index (χ2v) is 6.28. The van der Waals surface area contributed by atoms with Gasteiger partial charge in [0.1, 0.15) is 11.4 Å². The maximum absolute atomic E-state index is 12.9. The zero-order valence-electron chi connectivity index (χ0n) is 13.9. The van der Waals surface area contributed by atoms with Gasteiger partial charge >= 0.3 is 6.09 Å². The van der Waals surface area contributed by atoms with Gasteiger partial charge in [-0.3, -0.25) is 4.98 Å². The Morgan fingerprint density at radius 1 is 1.41 bits per heavy atom. The lowest BCUT2D eigenvalue weighted by Crippen LogP contribution is -2.43. The molecule has 0 saturated carbocycles. The summed E-state index contributed by atoms with van der Waals surface area (Å²) in [5, 5.41) is 6.12. The number of carbonyl (C=O) groups excluding carboxylic acids is 1. The lowest BCUT2D eigenvalue weighted by molar-refractivity contribution is 0.0521. The summed E-state index contributed by atoms with van der Waals surface area (Å²) >= 11 is 0. The van der Waals surface area contributed by atoms with Crippen LogP contribution in [0.15, 0.2) is 18.3 Å². The number of nitrogens with one attached hydrogen (secondary N) is 2. The van der Waals surface area contributed by atoms with Crippen LogP contribution in [0.1, 0.15) is 52.8 Å². The van der Waals surface area contributed by atoms with Crippen molar-refractivity contribution in [1.82, 2.24) is 15.6 Å². The van der Waals surface area contributed by atoms with Crippen LogP contribution in [-0.4, -0.2) is 29.3 Å². The van der Waals surface area contributed by atoms with Gasteiger partial charge in [-0.15, -0.1) is 0 Å². The molecule has 0 fully saturated rings. The van der Waals surface area contributed by atoms with Crippen molar-refractivity contribution in [3.63, 3.8) is 0 Å². The maximum atomic E-state index is 12.9. The summed E-state index contributed by atoms with van der Waals surface area (Å²) in [5.74, 6) is -0.352. The average molecular weight is 311 g/mol. The van der Waals surface area contributed by atoms with Crippen molar-refractivity contribution in [3.05, 3.63) is 29.8 Å². The minimum absolute atomic E-state index is 0.0361. The first-order valence-electron chi connectivity index (χ1n) is 7.55. The quantitative estimate of drug-likeness (QED) is 0.847. The molecule has 2 N–H and O–H groups in total. The number of hydrogen-bond donors (Lipinski definition) is 2. The molecule has 2 atom stereocenters. The zero-order valence-corrected chi connectivity index (χ0v) is 13.9. The van der Waals surface area contributed by atoms with Crippen LogP contribution in [0.4, 0.5) is 9.18 Å². The molecule has 124 valence electrons. The van der Waals surface area contributed by atoms with E-state index in [2.05, 4.69) is 15.6 Å². The first kappa shape index (κ1) is 18.4. The van der Waals surface area contributed by atoms with E-state index in [9.17, 15) is 9.18 Å². The lowest BCUT2D eigenvalue weighted by atomic mass is 10.1. The third kappa shape index (κ3) is 6.85. The van der Waals surface area contributed by atoms with Gasteiger partial charge in [-0.25, -0.2) is 9.18 Å². The number of halogens is 1. The molecule has 2 unspecified atom stereocenters. The van der Waals surface area contributed by atoms with E-state index >= 15 is 0 Å². The highest BCUT2D eigenvalue weighted by molar-refractivity contribution is 5.67. The molecule has 0 bridgehead atoms. The standard InChI is InChI=1S/C16H26FN3O2/c1-6-13(10-19-15(21)22-16(3,4)5)20-11(2)14-8-7-12(17)9-18-14/h7-9,11,13,20H,6,10H2,1-5H3,(H,19,21). The Balaban J connectivity index is 2.47. The Kier molecular flexibility index (Phi) is 6.74. The van der Waals surface area contributed by atoms with Crippen LogP contribution >= 0.6 is 0 Å². The molecule has 1 aromatic rings. The van der Waals surface area contributed by atoms with Crippen LogP contribution in [0.5, 0.6) is 0 Å². The highest BCUT2D eigenvalue weighted by atomic mass is 19.1.